The Morgan fingerprint density at radius 1 is 1.14 bits per heavy atom. The highest BCUT2D eigenvalue weighted by Gasteiger charge is 2.43. The first-order valence-electron chi connectivity index (χ1n) is 9.68. The third-order valence-electron chi connectivity index (χ3n) is 5.94. The van der Waals surface area contributed by atoms with Crippen LogP contribution in [0.25, 0.3) is 0 Å². The van der Waals surface area contributed by atoms with E-state index in [-0.39, 0.29) is 5.60 Å². The Labute approximate surface area is 175 Å². The summed E-state index contributed by atoms with van der Waals surface area (Å²) < 4.78 is 6.37. The van der Waals surface area contributed by atoms with Gasteiger partial charge in [0.1, 0.15) is 11.4 Å². The lowest BCUT2D eigenvalue weighted by Gasteiger charge is -2.46. The van der Waals surface area contributed by atoms with Crippen LogP contribution >= 0.6 is 23.2 Å². The molecule has 2 aliphatic heterocycles. The topological polar surface area (TPSA) is 52.9 Å². The maximum Gasteiger partial charge on any atom is 0.125 e. The summed E-state index contributed by atoms with van der Waals surface area (Å²) in [6.07, 6.45) is 1.16. The Morgan fingerprint density at radius 2 is 1.89 bits per heavy atom. The standard InChI is InChI=1S/C22H25Cl2NO3/c1-14-2-5-21-16(10-14)19(26)12-22(28-21)6-8-25(9-7-22)13-20(27)15-3-4-17(23)18(24)11-15/h2-5,10-11,19-20,26-27H,6-9,12-13H2,1H3/t19-,20-/m1/s1. The van der Waals surface area contributed by atoms with Crippen molar-refractivity contribution in [2.75, 3.05) is 19.6 Å². The van der Waals surface area contributed by atoms with Gasteiger partial charge in [-0.15, -0.1) is 0 Å². The highest BCUT2D eigenvalue weighted by atomic mass is 35.5. The van der Waals surface area contributed by atoms with Gasteiger partial charge in [-0.3, -0.25) is 0 Å². The molecule has 1 fully saturated rings. The zero-order valence-electron chi connectivity index (χ0n) is 15.9. The van der Waals surface area contributed by atoms with E-state index in [9.17, 15) is 10.2 Å². The number of halogens is 2. The fourth-order valence-corrected chi connectivity index (χ4v) is 4.58. The number of aliphatic hydroxyl groups excluding tert-OH is 2. The molecule has 0 saturated carbocycles. The van der Waals surface area contributed by atoms with E-state index in [4.69, 9.17) is 27.9 Å². The van der Waals surface area contributed by atoms with E-state index in [1.807, 2.05) is 31.2 Å². The second kappa shape index (κ2) is 7.85. The van der Waals surface area contributed by atoms with Gasteiger partial charge in [-0.2, -0.15) is 0 Å². The number of ether oxygens (including phenoxy) is 1. The van der Waals surface area contributed by atoms with Crippen molar-refractivity contribution in [3.8, 4) is 5.75 Å². The second-order valence-corrected chi connectivity index (χ2v) is 8.85. The van der Waals surface area contributed by atoms with Crippen LogP contribution in [0.15, 0.2) is 36.4 Å². The first-order chi connectivity index (χ1) is 13.3. The van der Waals surface area contributed by atoms with Crippen LogP contribution in [0.1, 0.15) is 48.2 Å². The maximum absolute atomic E-state index is 10.7. The van der Waals surface area contributed by atoms with Crippen molar-refractivity contribution in [1.82, 2.24) is 4.90 Å². The predicted molar refractivity (Wildman–Crippen MR) is 111 cm³/mol. The third kappa shape index (κ3) is 4.03. The van der Waals surface area contributed by atoms with Crippen LogP contribution in [-0.4, -0.2) is 40.3 Å². The minimum atomic E-state index is -0.620. The molecular weight excluding hydrogens is 397 g/mol. The van der Waals surface area contributed by atoms with Gasteiger partial charge in [-0.1, -0.05) is 40.9 Å². The highest BCUT2D eigenvalue weighted by molar-refractivity contribution is 6.42. The molecule has 2 atom stereocenters. The molecule has 0 aliphatic carbocycles. The summed E-state index contributed by atoms with van der Waals surface area (Å²) in [5.41, 5.74) is 2.46. The monoisotopic (exact) mass is 421 g/mol. The summed E-state index contributed by atoms with van der Waals surface area (Å²) in [6.45, 7) is 4.18. The predicted octanol–water partition coefficient (Wildman–Crippen LogP) is 4.69. The van der Waals surface area contributed by atoms with Crippen molar-refractivity contribution < 1.29 is 14.9 Å². The number of β-amino-alcohol motifs (C(OH)–C–C–N with tert-alkyl or cyclic N) is 1. The fourth-order valence-electron chi connectivity index (χ4n) is 4.28. The molecule has 0 unspecified atom stereocenters. The van der Waals surface area contributed by atoms with Crippen LogP contribution in [-0.2, 0) is 0 Å². The highest BCUT2D eigenvalue weighted by Crippen LogP contribution is 2.44. The first kappa shape index (κ1) is 20.0. The third-order valence-corrected chi connectivity index (χ3v) is 6.68. The Bertz CT molecular complexity index is 865. The van der Waals surface area contributed by atoms with Crippen LogP contribution < -0.4 is 4.74 Å². The van der Waals surface area contributed by atoms with Gasteiger partial charge in [-0.05, 0) is 49.6 Å². The molecule has 2 aromatic rings. The molecule has 0 bridgehead atoms. The largest absolute Gasteiger partial charge is 0.487 e. The van der Waals surface area contributed by atoms with Crippen molar-refractivity contribution in [3.05, 3.63) is 63.1 Å². The Balaban J connectivity index is 1.39. The molecule has 2 N–H and O–H groups in total. The van der Waals surface area contributed by atoms with Gasteiger partial charge in [0, 0.05) is 31.6 Å². The molecular formula is C22H25Cl2NO3. The number of hydrogen-bond acceptors (Lipinski definition) is 4. The molecule has 1 saturated heterocycles. The van der Waals surface area contributed by atoms with Crippen LogP contribution in [0.3, 0.4) is 0 Å². The lowest BCUT2D eigenvalue weighted by Crippen LogP contribution is -2.51. The minimum absolute atomic E-state index is 0.327. The molecule has 1 spiro atoms. The van der Waals surface area contributed by atoms with Crippen molar-refractivity contribution in [1.29, 1.82) is 0 Å². The van der Waals surface area contributed by atoms with Crippen LogP contribution in [0, 0.1) is 6.92 Å². The van der Waals surface area contributed by atoms with E-state index in [0.29, 0.717) is 23.0 Å². The van der Waals surface area contributed by atoms with Gasteiger partial charge in [0.25, 0.3) is 0 Å². The molecule has 2 aromatic carbocycles. The molecule has 6 heteroatoms. The van der Waals surface area contributed by atoms with Gasteiger partial charge >= 0.3 is 0 Å². The molecule has 4 rings (SSSR count). The van der Waals surface area contributed by atoms with Gasteiger partial charge < -0.3 is 19.8 Å². The van der Waals surface area contributed by atoms with Gasteiger partial charge in [-0.25, -0.2) is 0 Å². The van der Waals surface area contributed by atoms with E-state index < -0.39 is 12.2 Å². The molecule has 2 aliphatic rings. The molecule has 28 heavy (non-hydrogen) atoms. The Hall–Kier alpha value is -1.30. The molecule has 150 valence electrons. The van der Waals surface area contributed by atoms with Gasteiger partial charge in [0.2, 0.25) is 0 Å². The zero-order chi connectivity index (χ0) is 19.9. The van der Waals surface area contributed by atoms with E-state index in [2.05, 4.69) is 4.90 Å². The summed E-state index contributed by atoms with van der Waals surface area (Å²) in [5, 5.41) is 22.2. The smallest absolute Gasteiger partial charge is 0.125 e. The van der Waals surface area contributed by atoms with Crippen molar-refractivity contribution in [2.45, 2.75) is 44.0 Å². The number of aryl methyl sites for hydroxylation is 1. The van der Waals surface area contributed by atoms with E-state index in [1.165, 1.54) is 0 Å². The summed E-state index contributed by atoms with van der Waals surface area (Å²) in [5.74, 6) is 0.800. The van der Waals surface area contributed by atoms with Crippen molar-refractivity contribution in [2.24, 2.45) is 0 Å². The van der Waals surface area contributed by atoms with Crippen molar-refractivity contribution >= 4 is 23.2 Å². The Morgan fingerprint density at radius 3 is 2.61 bits per heavy atom. The van der Waals surface area contributed by atoms with Crippen molar-refractivity contribution in [3.63, 3.8) is 0 Å². The van der Waals surface area contributed by atoms with Gasteiger partial charge in [0.05, 0.1) is 22.3 Å². The second-order valence-electron chi connectivity index (χ2n) is 8.04. The molecule has 0 radical (unpaired) electrons. The van der Waals surface area contributed by atoms with Crippen LogP contribution in [0.2, 0.25) is 10.0 Å². The normalized spacial score (nSPS) is 22.5. The SMILES string of the molecule is Cc1ccc2c(c1)[C@H](O)CC1(CCN(C[C@@H](O)c3ccc(Cl)c(Cl)c3)CC1)O2. The average Bonchev–Trinajstić information content (AvgIpc) is 2.67. The first-order valence-corrected chi connectivity index (χ1v) is 10.4. The number of rotatable bonds is 3. The molecule has 0 aromatic heterocycles. The minimum Gasteiger partial charge on any atom is -0.487 e. The lowest BCUT2D eigenvalue weighted by molar-refractivity contribution is -0.0588. The number of hydrogen-bond donors (Lipinski definition) is 2. The van der Waals surface area contributed by atoms with Crippen LogP contribution in [0.5, 0.6) is 5.75 Å². The number of likely N-dealkylation sites (tertiary alicyclic amines) is 1. The zero-order valence-corrected chi connectivity index (χ0v) is 17.4. The maximum atomic E-state index is 10.7. The number of benzene rings is 2. The summed E-state index contributed by atoms with van der Waals surface area (Å²) in [7, 11) is 0. The quantitative estimate of drug-likeness (QED) is 0.754. The van der Waals surface area contributed by atoms with E-state index in [1.54, 1.807) is 12.1 Å². The summed E-state index contributed by atoms with van der Waals surface area (Å²) in [4.78, 5) is 2.23. The average molecular weight is 422 g/mol. The summed E-state index contributed by atoms with van der Waals surface area (Å²) in [6, 6.07) is 11.2. The molecule has 0 amide bonds. The van der Waals surface area contributed by atoms with E-state index >= 15 is 0 Å². The van der Waals surface area contributed by atoms with E-state index in [0.717, 1.165) is 48.4 Å². The number of fused-ring (bicyclic) bond motifs is 1. The van der Waals surface area contributed by atoms with Gasteiger partial charge in [0.15, 0.2) is 0 Å². The number of aliphatic hydroxyl groups is 2. The number of nitrogens with zero attached hydrogens (tertiary/aromatic N) is 1. The number of piperidine rings is 1. The molecule has 2 heterocycles. The fraction of sp³-hybridized carbons (Fsp3) is 0.455. The Kier molecular flexibility index (Phi) is 5.60. The lowest BCUT2D eigenvalue weighted by atomic mass is 9.81. The van der Waals surface area contributed by atoms with Crippen LogP contribution in [0.4, 0.5) is 0 Å². The molecule has 4 nitrogen and oxygen atoms in total. The summed E-state index contributed by atoms with van der Waals surface area (Å²) >= 11 is 12.0.